The van der Waals surface area contributed by atoms with E-state index < -0.39 is 0 Å². The van der Waals surface area contributed by atoms with Crippen LogP contribution in [-0.2, 0) is 0 Å². The van der Waals surface area contributed by atoms with E-state index in [0.29, 0.717) is 0 Å². The standard InChI is InChI=1S/C9H10N/c1-3-8-6-5-7-10-9(8)4-2/h3-7H,2H2,1H3. The van der Waals surface area contributed by atoms with Gasteiger partial charge in [0.1, 0.15) is 0 Å². The second-order valence-corrected chi connectivity index (χ2v) is 1.97. The maximum atomic E-state index is 4.12. The van der Waals surface area contributed by atoms with Crippen molar-refractivity contribution in [3.05, 3.63) is 42.6 Å². The molecule has 51 valence electrons. The predicted molar refractivity (Wildman–Crippen MR) is 43.4 cm³/mol. The van der Waals surface area contributed by atoms with Crippen LogP contribution in [-0.4, -0.2) is 4.98 Å². The van der Waals surface area contributed by atoms with Crippen LogP contribution in [0.5, 0.6) is 0 Å². The molecular formula is C9H10N. The summed E-state index contributed by atoms with van der Waals surface area (Å²) < 4.78 is 0. The molecule has 1 radical (unpaired) electrons. The summed E-state index contributed by atoms with van der Waals surface area (Å²) in [6.07, 6.45) is 5.54. The van der Waals surface area contributed by atoms with E-state index in [9.17, 15) is 0 Å². The highest BCUT2D eigenvalue weighted by molar-refractivity contribution is 5.48. The van der Waals surface area contributed by atoms with E-state index in [4.69, 9.17) is 0 Å². The minimum Gasteiger partial charge on any atom is -0.257 e. The van der Waals surface area contributed by atoms with Crippen LogP contribution in [0.15, 0.2) is 24.9 Å². The lowest BCUT2D eigenvalue weighted by atomic mass is 10.1. The molecule has 0 aliphatic carbocycles. The quantitative estimate of drug-likeness (QED) is 0.601. The second-order valence-electron chi connectivity index (χ2n) is 1.97. The molecule has 0 bridgehead atoms. The molecule has 0 fully saturated rings. The van der Waals surface area contributed by atoms with Gasteiger partial charge in [0.15, 0.2) is 0 Å². The van der Waals surface area contributed by atoms with E-state index in [1.165, 1.54) is 0 Å². The molecule has 1 aromatic rings. The Morgan fingerprint density at radius 3 is 2.90 bits per heavy atom. The largest absolute Gasteiger partial charge is 0.257 e. The molecule has 0 saturated heterocycles. The molecular weight excluding hydrogens is 122 g/mol. The van der Waals surface area contributed by atoms with E-state index in [-0.39, 0.29) is 0 Å². The highest BCUT2D eigenvalue weighted by Crippen LogP contribution is 2.07. The Morgan fingerprint density at radius 1 is 1.60 bits per heavy atom. The summed E-state index contributed by atoms with van der Waals surface area (Å²) in [5, 5.41) is 0. The number of aromatic nitrogens is 1. The zero-order valence-electron chi connectivity index (χ0n) is 6.04. The van der Waals surface area contributed by atoms with E-state index in [0.717, 1.165) is 11.3 Å². The van der Waals surface area contributed by atoms with E-state index >= 15 is 0 Å². The first-order valence-corrected chi connectivity index (χ1v) is 3.25. The Morgan fingerprint density at radius 2 is 2.40 bits per heavy atom. The van der Waals surface area contributed by atoms with E-state index in [2.05, 4.69) is 11.6 Å². The number of pyridine rings is 1. The van der Waals surface area contributed by atoms with Gasteiger partial charge in [-0.05, 0) is 24.1 Å². The van der Waals surface area contributed by atoms with Crippen LogP contribution >= 0.6 is 0 Å². The fourth-order valence-corrected chi connectivity index (χ4v) is 0.845. The summed E-state index contributed by atoms with van der Waals surface area (Å²) in [6.45, 7) is 5.65. The average molecular weight is 132 g/mol. The smallest absolute Gasteiger partial charge is 0.0658 e. The second kappa shape index (κ2) is 3.16. The summed E-state index contributed by atoms with van der Waals surface area (Å²) in [7, 11) is 0. The van der Waals surface area contributed by atoms with Gasteiger partial charge in [0.05, 0.1) is 5.69 Å². The minimum atomic E-state index is 0.949. The zero-order chi connectivity index (χ0) is 7.40. The van der Waals surface area contributed by atoms with Gasteiger partial charge >= 0.3 is 0 Å². The van der Waals surface area contributed by atoms with E-state index in [1.807, 2.05) is 25.5 Å². The Bertz CT molecular complexity index is 228. The molecule has 0 spiro atoms. The molecule has 0 unspecified atom stereocenters. The van der Waals surface area contributed by atoms with Gasteiger partial charge in [-0.1, -0.05) is 19.6 Å². The van der Waals surface area contributed by atoms with Crippen LogP contribution < -0.4 is 0 Å². The van der Waals surface area contributed by atoms with Crippen LogP contribution in [0.2, 0.25) is 0 Å². The molecule has 1 heteroatoms. The van der Waals surface area contributed by atoms with Crippen molar-refractivity contribution in [3.63, 3.8) is 0 Å². The van der Waals surface area contributed by atoms with Crippen molar-refractivity contribution in [1.29, 1.82) is 0 Å². The van der Waals surface area contributed by atoms with Crippen LogP contribution in [0.4, 0.5) is 0 Å². The topological polar surface area (TPSA) is 12.9 Å². The number of hydrogen-bond acceptors (Lipinski definition) is 1. The van der Waals surface area contributed by atoms with Crippen LogP contribution in [0, 0.1) is 6.42 Å². The van der Waals surface area contributed by atoms with Gasteiger partial charge in [-0.3, -0.25) is 4.98 Å². The summed E-state index contributed by atoms with van der Waals surface area (Å²) in [5.74, 6) is 0. The molecule has 0 aliphatic heterocycles. The molecule has 1 rings (SSSR count). The first-order valence-electron chi connectivity index (χ1n) is 3.25. The summed E-state index contributed by atoms with van der Waals surface area (Å²) >= 11 is 0. The van der Waals surface area contributed by atoms with Gasteiger partial charge in [0.2, 0.25) is 0 Å². The van der Waals surface area contributed by atoms with Gasteiger partial charge in [-0.25, -0.2) is 0 Å². The molecule has 0 aliphatic rings. The molecule has 10 heavy (non-hydrogen) atoms. The van der Waals surface area contributed by atoms with Crippen molar-refractivity contribution in [2.45, 2.75) is 6.92 Å². The minimum absolute atomic E-state index is 0.949. The normalized spacial score (nSPS) is 9.30. The van der Waals surface area contributed by atoms with Gasteiger partial charge in [-0.2, -0.15) is 0 Å². The SMILES string of the molecule is C=Cc1ncccc1[CH]C. The summed E-state index contributed by atoms with van der Waals surface area (Å²) in [6, 6.07) is 3.94. The molecule has 1 heterocycles. The van der Waals surface area contributed by atoms with Gasteiger partial charge in [-0.15, -0.1) is 0 Å². The molecule has 0 saturated carbocycles. The average Bonchev–Trinajstić information content (AvgIpc) is 2.04. The fourth-order valence-electron chi connectivity index (χ4n) is 0.845. The van der Waals surface area contributed by atoms with Crippen molar-refractivity contribution in [3.8, 4) is 0 Å². The number of hydrogen-bond donors (Lipinski definition) is 0. The highest BCUT2D eigenvalue weighted by Gasteiger charge is 1.93. The van der Waals surface area contributed by atoms with Gasteiger partial charge in [0.25, 0.3) is 0 Å². The van der Waals surface area contributed by atoms with Gasteiger partial charge in [0, 0.05) is 6.20 Å². The van der Waals surface area contributed by atoms with Crippen molar-refractivity contribution in [1.82, 2.24) is 4.98 Å². The zero-order valence-corrected chi connectivity index (χ0v) is 6.04. The summed E-state index contributed by atoms with van der Waals surface area (Å²) in [4.78, 5) is 4.12. The van der Waals surface area contributed by atoms with Crippen molar-refractivity contribution < 1.29 is 0 Å². The van der Waals surface area contributed by atoms with Crippen molar-refractivity contribution in [2.24, 2.45) is 0 Å². The third kappa shape index (κ3) is 1.24. The Hall–Kier alpha value is -1.11. The molecule has 0 atom stereocenters. The van der Waals surface area contributed by atoms with Crippen molar-refractivity contribution in [2.75, 3.05) is 0 Å². The van der Waals surface area contributed by atoms with Crippen LogP contribution in [0.25, 0.3) is 6.08 Å². The monoisotopic (exact) mass is 132 g/mol. The fraction of sp³-hybridized carbons (Fsp3) is 0.111. The predicted octanol–water partition coefficient (Wildman–Crippen LogP) is 2.30. The van der Waals surface area contributed by atoms with Gasteiger partial charge < -0.3 is 0 Å². The number of rotatable bonds is 2. The Balaban J connectivity index is 3.08. The number of nitrogens with zero attached hydrogens (tertiary/aromatic N) is 1. The summed E-state index contributed by atoms with van der Waals surface area (Å²) in [5.41, 5.74) is 2.09. The molecule has 0 aromatic carbocycles. The third-order valence-electron chi connectivity index (χ3n) is 1.38. The third-order valence-corrected chi connectivity index (χ3v) is 1.38. The first kappa shape index (κ1) is 7.00. The Labute approximate surface area is 61.4 Å². The lowest BCUT2D eigenvalue weighted by Crippen LogP contribution is -1.86. The molecule has 0 amide bonds. The molecule has 1 nitrogen and oxygen atoms in total. The Kier molecular flexibility index (Phi) is 2.21. The molecule has 0 N–H and O–H groups in total. The maximum Gasteiger partial charge on any atom is 0.0658 e. The lowest BCUT2D eigenvalue weighted by molar-refractivity contribution is 1.24. The first-order chi connectivity index (χ1) is 4.88. The molecule has 1 aromatic heterocycles. The van der Waals surface area contributed by atoms with Crippen LogP contribution in [0.1, 0.15) is 18.2 Å². The maximum absolute atomic E-state index is 4.12. The van der Waals surface area contributed by atoms with E-state index in [1.54, 1.807) is 12.3 Å². The highest BCUT2D eigenvalue weighted by atomic mass is 14.7. The lowest BCUT2D eigenvalue weighted by Gasteiger charge is -1.98. The van der Waals surface area contributed by atoms with Crippen LogP contribution in [0.3, 0.4) is 0 Å². The van der Waals surface area contributed by atoms with Crippen molar-refractivity contribution >= 4 is 6.08 Å².